The minimum absolute atomic E-state index is 0.222. The van der Waals surface area contributed by atoms with Gasteiger partial charge >= 0.3 is 0 Å². The number of aliphatic hydroxyl groups is 1. The lowest BCUT2D eigenvalue weighted by Gasteiger charge is -2.35. The first-order chi connectivity index (χ1) is 14.9. The predicted octanol–water partition coefficient (Wildman–Crippen LogP) is 0.529. The number of nitrogens with one attached hydrogen (secondary N) is 2. The van der Waals surface area contributed by atoms with Crippen molar-refractivity contribution in [3.8, 4) is 5.88 Å². The zero-order valence-corrected chi connectivity index (χ0v) is 17.2. The van der Waals surface area contributed by atoms with E-state index in [1.807, 2.05) is 0 Å². The molecule has 2 aliphatic heterocycles. The molecule has 31 heavy (non-hydrogen) atoms. The molecule has 3 heterocycles. The zero-order chi connectivity index (χ0) is 22.1. The molecule has 162 valence electrons. The summed E-state index contributed by atoms with van der Waals surface area (Å²) in [5.41, 5.74) is 1.59. The van der Waals surface area contributed by atoms with Crippen molar-refractivity contribution in [2.24, 2.45) is 0 Å². The van der Waals surface area contributed by atoms with Gasteiger partial charge in [-0.3, -0.25) is 14.4 Å². The highest BCUT2D eigenvalue weighted by Crippen LogP contribution is 2.29. The van der Waals surface area contributed by atoms with Crippen LogP contribution < -0.4 is 15.4 Å². The van der Waals surface area contributed by atoms with Gasteiger partial charge in [0.25, 0.3) is 11.8 Å². The van der Waals surface area contributed by atoms with E-state index in [2.05, 4.69) is 20.6 Å². The molecule has 0 bridgehead atoms. The molecular formula is C21H23N5O5. The van der Waals surface area contributed by atoms with E-state index in [1.165, 1.54) is 7.11 Å². The van der Waals surface area contributed by atoms with Crippen molar-refractivity contribution in [1.29, 1.82) is 0 Å². The maximum atomic E-state index is 12.8. The van der Waals surface area contributed by atoms with Gasteiger partial charge in [0.05, 0.1) is 19.2 Å². The Morgan fingerprint density at radius 1 is 1.35 bits per heavy atom. The van der Waals surface area contributed by atoms with Gasteiger partial charge in [0.1, 0.15) is 6.23 Å². The smallest absolute Gasteiger partial charge is 0.254 e. The van der Waals surface area contributed by atoms with Crippen LogP contribution in [-0.4, -0.2) is 57.1 Å². The molecular weight excluding hydrogens is 402 g/mol. The molecule has 0 spiro atoms. The van der Waals surface area contributed by atoms with Crippen molar-refractivity contribution in [2.45, 2.75) is 44.6 Å². The second-order valence-corrected chi connectivity index (χ2v) is 7.58. The molecule has 1 saturated heterocycles. The molecule has 1 fully saturated rings. The number of carbonyl (C=O) groups excluding carboxylic acids is 3. The first-order valence-corrected chi connectivity index (χ1v) is 9.96. The van der Waals surface area contributed by atoms with Crippen molar-refractivity contribution in [2.75, 3.05) is 7.11 Å². The fraction of sp³-hybridized carbons (Fsp3) is 0.381. The Bertz CT molecular complexity index is 1040. The number of piperidine rings is 1. The number of nitrogens with zero attached hydrogens (tertiary/aromatic N) is 3. The summed E-state index contributed by atoms with van der Waals surface area (Å²) in [6, 6.07) is 5.56. The fourth-order valence-electron chi connectivity index (χ4n) is 3.87. The molecule has 0 saturated carbocycles. The van der Waals surface area contributed by atoms with E-state index in [4.69, 9.17) is 4.74 Å². The average molecular weight is 425 g/mol. The largest absolute Gasteiger partial charge is 0.481 e. The molecule has 3 amide bonds. The number of ether oxygens (including phenoxy) is 1. The third-order valence-electron chi connectivity index (χ3n) is 5.53. The Morgan fingerprint density at radius 3 is 2.90 bits per heavy atom. The molecule has 2 aromatic rings. The van der Waals surface area contributed by atoms with Crippen LogP contribution >= 0.6 is 0 Å². The van der Waals surface area contributed by atoms with Crippen LogP contribution in [0.2, 0.25) is 0 Å². The predicted molar refractivity (Wildman–Crippen MR) is 108 cm³/mol. The van der Waals surface area contributed by atoms with Crippen LogP contribution in [0, 0.1) is 0 Å². The van der Waals surface area contributed by atoms with Gasteiger partial charge in [-0.1, -0.05) is 0 Å². The van der Waals surface area contributed by atoms with Crippen molar-refractivity contribution in [3.63, 3.8) is 0 Å². The van der Waals surface area contributed by atoms with Crippen molar-refractivity contribution in [3.05, 3.63) is 53.0 Å². The maximum absolute atomic E-state index is 12.8. The van der Waals surface area contributed by atoms with Gasteiger partial charge in [-0.2, -0.15) is 4.98 Å². The third-order valence-corrected chi connectivity index (χ3v) is 5.53. The van der Waals surface area contributed by atoms with Crippen LogP contribution in [0.15, 0.2) is 30.5 Å². The molecule has 1 aromatic carbocycles. The van der Waals surface area contributed by atoms with E-state index in [9.17, 15) is 19.5 Å². The Kier molecular flexibility index (Phi) is 5.55. The fourth-order valence-corrected chi connectivity index (χ4v) is 3.87. The molecule has 0 radical (unpaired) electrons. The van der Waals surface area contributed by atoms with Gasteiger partial charge in [0.2, 0.25) is 11.8 Å². The second kappa shape index (κ2) is 8.31. The van der Waals surface area contributed by atoms with Crippen molar-refractivity contribution in [1.82, 2.24) is 25.5 Å². The minimum Gasteiger partial charge on any atom is -0.481 e. The summed E-state index contributed by atoms with van der Waals surface area (Å²) in [7, 11) is 1.50. The number of carbonyl (C=O) groups is 3. The first kappa shape index (κ1) is 20.7. The van der Waals surface area contributed by atoms with Crippen molar-refractivity contribution < 1.29 is 24.2 Å². The Labute approximate surface area is 178 Å². The number of hydrogen-bond donors (Lipinski definition) is 3. The molecule has 10 heteroatoms. The van der Waals surface area contributed by atoms with Gasteiger partial charge < -0.3 is 25.4 Å². The number of rotatable bonds is 5. The number of amides is 3. The highest BCUT2D eigenvalue weighted by atomic mass is 16.5. The summed E-state index contributed by atoms with van der Waals surface area (Å²) in [4.78, 5) is 46.9. The lowest BCUT2D eigenvalue weighted by Crippen LogP contribution is -2.55. The lowest BCUT2D eigenvalue weighted by molar-refractivity contribution is -0.129. The summed E-state index contributed by atoms with van der Waals surface area (Å²) in [6.07, 6.45) is 1.09. The minimum atomic E-state index is -1.11. The van der Waals surface area contributed by atoms with E-state index in [-0.39, 0.29) is 30.7 Å². The summed E-state index contributed by atoms with van der Waals surface area (Å²) in [5.74, 6) is 0.0470. The second-order valence-electron chi connectivity index (χ2n) is 7.58. The van der Waals surface area contributed by atoms with E-state index < -0.39 is 18.3 Å². The van der Waals surface area contributed by atoms with Crippen LogP contribution in [0.1, 0.15) is 57.9 Å². The Balaban J connectivity index is 1.47. The van der Waals surface area contributed by atoms with E-state index in [1.54, 1.807) is 42.3 Å². The van der Waals surface area contributed by atoms with Crippen LogP contribution in [0.25, 0.3) is 0 Å². The third kappa shape index (κ3) is 4.06. The average Bonchev–Trinajstić information content (AvgIpc) is 3.09. The highest BCUT2D eigenvalue weighted by molar-refractivity contribution is 6.01. The van der Waals surface area contributed by atoms with Gasteiger partial charge in [0, 0.05) is 36.4 Å². The van der Waals surface area contributed by atoms with E-state index >= 15 is 0 Å². The molecule has 2 aliphatic rings. The summed E-state index contributed by atoms with van der Waals surface area (Å²) in [5, 5.41) is 15.5. The van der Waals surface area contributed by atoms with Gasteiger partial charge in [-0.25, -0.2) is 4.98 Å². The SMILES string of the molecule is COc1ccnc(C(C)NC(=O)c2ccc3c(c2)CN(C2CCC(=O)NC2O)C3=O)n1. The Hall–Kier alpha value is -3.53. The summed E-state index contributed by atoms with van der Waals surface area (Å²) in [6.45, 7) is 2.03. The number of aromatic nitrogens is 2. The number of hydrogen-bond acceptors (Lipinski definition) is 7. The van der Waals surface area contributed by atoms with Crippen LogP contribution in [0.4, 0.5) is 0 Å². The monoisotopic (exact) mass is 425 g/mol. The van der Waals surface area contributed by atoms with Crippen LogP contribution in [0.5, 0.6) is 5.88 Å². The van der Waals surface area contributed by atoms with E-state index in [0.29, 0.717) is 34.8 Å². The highest BCUT2D eigenvalue weighted by Gasteiger charge is 2.39. The zero-order valence-electron chi connectivity index (χ0n) is 17.2. The maximum Gasteiger partial charge on any atom is 0.254 e. The summed E-state index contributed by atoms with van der Waals surface area (Å²) < 4.78 is 5.09. The summed E-state index contributed by atoms with van der Waals surface area (Å²) >= 11 is 0. The molecule has 0 aliphatic carbocycles. The number of fused-ring (bicyclic) bond motifs is 1. The molecule has 3 unspecified atom stereocenters. The van der Waals surface area contributed by atoms with Gasteiger partial charge in [-0.05, 0) is 37.1 Å². The molecule has 3 atom stereocenters. The van der Waals surface area contributed by atoms with Crippen molar-refractivity contribution >= 4 is 17.7 Å². The Morgan fingerprint density at radius 2 is 2.16 bits per heavy atom. The lowest BCUT2D eigenvalue weighted by atomic mass is 10.0. The van der Waals surface area contributed by atoms with Gasteiger partial charge in [0.15, 0.2) is 5.82 Å². The topological polar surface area (TPSA) is 134 Å². The first-order valence-electron chi connectivity index (χ1n) is 9.96. The van der Waals surface area contributed by atoms with Crippen LogP contribution in [0.3, 0.4) is 0 Å². The van der Waals surface area contributed by atoms with Gasteiger partial charge in [-0.15, -0.1) is 0 Å². The quantitative estimate of drug-likeness (QED) is 0.636. The number of methoxy groups -OCH3 is 1. The van der Waals surface area contributed by atoms with E-state index in [0.717, 1.165) is 0 Å². The standard InChI is InChI=1S/C21H23N5O5/c1-11(18-22-8-7-17(25-18)31-2)23-19(28)12-3-4-14-13(9-12)10-26(21(14)30)15-5-6-16(27)24-20(15)29/h3-4,7-9,11,15,20,29H,5-6,10H2,1-2H3,(H,23,28)(H,24,27). The molecule has 3 N–H and O–H groups in total. The van der Waals surface area contributed by atoms with Crippen LogP contribution in [-0.2, 0) is 11.3 Å². The normalized spacial score (nSPS) is 21.3. The number of benzene rings is 1. The molecule has 1 aromatic heterocycles. The molecule has 10 nitrogen and oxygen atoms in total. The molecule has 4 rings (SSSR count). The number of aliphatic hydroxyl groups excluding tert-OH is 1.